The van der Waals surface area contributed by atoms with Crippen LogP contribution in [0.4, 0.5) is 4.79 Å². The predicted octanol–water partition coefficient (Wildman–Crippen LogP) is -1.81. The van der Waals surface area contributed by atoms with Gasteiger partial charge in [0.25, 0.3) is 0 Å². The zero-order valence-corrected chi connectivity index (χ0v) is 9.90. The number of aromatic nitrogens is 2. The van der Waals surface area contributed by atoms with E-state index in [0.717, 1.165) is 11.3 Å². The molecule has 1 aromatic rings. The minimum absolute atomic E-state index is 0.174. The Morgan fingerprint density at radius 1 is 1.42 bits per heavy atom. The standard InChI is InChI=1S/C9H13N5O5/c10-6(15)3-14(4-8(16)17)9(18)11-2-1-7-12-5-19-13-7/h5H,1-4H2,(H2,10,15)(H,11,18)(H,16,17). The van der Waals surface area contributed by atoms with E-state index in [1.165, 1.54) is 0 Å². The van der Waals surface area contributed by atoms with Crippen LogP contribution in [0.3, 0.4) is 0 Å². The Morgan fingerprint density at radius 3 is 2.68 bits per heavy atom. The van der Waals surface area contributed by atoms with E-state index < -0.39 is 31.0 Å². The maximum atomic E-state index is 11.6. The largest absolute Gasteiger partial charge is 0.480 e. The molecule has 1 heterocycles. The van der Waals surface area contributed by atoms with E-state index in [0.29, 0.717) is 12.2 Å². The monoisotopic (exact) mass is 271 g/mol. The number of hydrogen-bond donors (Lipinski definition) is 3. The third-order valence-electron chi connectivity index (χ3n) is 1.99. The summed E-state index contributed by atoms with van der Waals surface area (Å²) < 4.78 is 4.50. The Kier molecular flexibility index (Phi) is 5.26. The first-order valence-corrected chi connectivity index (χ1v) is 5.27. The molecule has 10 nitrogen and oxygen atoms in total. The molecular weight excluding hydrogens is 258 g/mol. The second-order valence-electron chi connectivity index (χ2n) is 3.55. The number of amides is 3. The number of rotatable bonds is 7. The van der Waals surface area contributed by atoms with Gasteiger partial charge in [0.1, 0.15) is 13.1 Å². The Labute approximate surface area is 107 Å². The summed E-state index contributed by atoms with van der Waals surface area (Å²) in [5.74, 6) is -1.64. The van der Waals surface area contributed by atoms with Crippen molar-refractivity contribution in [2.24, 2.45) is 5.73 Å². The highest BCUT2D eigenvalue weighted by molar-refractivity contribution is 5.85. The molecule has 1 rings (SSSR count). The van der Waals surface area contributed by atoms with Crippen LogP contribution in [-0.4, -0.2) is 57.7 Å². The predicted molar refractivity (Wildman–Crippen MR) is 59.8 cm³/mol. The number of carboxylic acids is 1. The smallest absolute Gasteiger partial charge is 0.323 e. The van der Waals surface area contributed by atoms with Crippen molar-refractivity contribution in [1.29, 1.82) is 0 Å². The molecule has 0 atom stereocenters. The van der Waals surface area contributed by atoms with Gasteiger partial charge in [-0.1, -0.05) is 5.16 Å². The summed E-state index contributed by atoms with van der Waals surface area (Å²) in [4.78, 5) is 37.4. The minimum atomic E-state index is -1.24. The molecule has 0 fully saturated rings. The molecule has 0 aliphatic rings. The molecular formula is C9H13N5O5. The van der Waals surface area contributed by atoms with Crippen LogP contribution < -0.4 is 11.1 Å². The normalized spacial score (nSPS) is 9.89. The molecule has 0 spiro atoms. The third-order valence-corrected chi connectivity index (χ3v) is 1.99. The summed E-state index contributed by atoms with van der Waals surface area (Å²) in [6.07, 6.45) is 1.47. The van der Waals surface area contributed by atoms with Crippen molar-refractivity contribution < 1.29 is 24.0 Å². The van der Waals surface area contributed by atoms with E-state index in [9.17, 15) is 14.4 Å². The number of nitrogens with two attached hydrogens (primary N) is 1. The van der Waals surface area contributed by atoms with Gasteiger partial charge >= 0.3 is 12.0 Å². The van der Waals surface area contributed by atoms with Crippen molar-refractivity contribution in [3.63, 3.8) is 0 Å². The second-order valence-corrected chi connectivity index (χ2v) is 3.55. The van der Waals surface area contributed by atoms with Gasteiger partial charge in [0.2, 0.25) is 12.3 Å². The molecule has 0 saturated carbocycles. The molecule has 104 valence electrons. The first-order valence-electron chi connectivity index (χ1n) is 5.27. The number of carboxylic acid groups (broad SMARTS) is 1. The quantitative estimate of drug-likeness (QED) is 0.528. The van der Waals surface area contributed by atoms with Crippen molar-refractivity contribution in [2.75, 3.05) is 19.6 Å². The van der Waals surface area contributed by atoms with Gasteiger partial charge < -0.3 is 25.6 Å². The van der Waals surface area contributed by atoms with E-state index in [1.54, 1.807) is 0 Å². The summed E-state index contributed by atoms with van der Waals surface area (Å²) in [6.45, 7) is -0.912. The third kappa shape index (κ3) is 5.48. The van der Waals surface area contributed by atoms with Crippen LogP contribution in [0, 0.1) is 0 Å². The maximum Gasteiger partial charge on any atom is 0.323 e. The number of nitrogens with one attached hydrogen (secondary N) is 1. The van der Waals surface area contributed by atoms with E-state index in [2.05, 4.69) is 20.0 Å². The average Bonchev–Trinajstić information content (AvgIpc) is 2.79. The molecule has 1 aromatic heterocycles. The van der Waals surface area contributed by atoms with Crippen molar-refractivity contribution in [3.8, 4) is 0 Å². The number of carbonyl (C=O) groups excluding carboxylic acids is 2. The van der Waals surface area contributed by atoms with Gasteiger partial charge in [-0.05, 0) is 0 Å². The van der Waals surface area contributed by atoms with Crippen molar-refractivity contribution in [2.45, 2.75) is 6.42 Å². The summed E-state index contributed by atoms with van der Waals surface area (Å²) in [7, 11) is 0. The average molecular weight is 271 g/mol. The topological polar surface area (TPSA) is 152 Å². The molecule has 0 aliphatic heterocycles. The van der Waals surface area contributed by atoms with Crippen molar-refractivity contribution in [3.05, 3.63) is 12.2 Å². The zero-order valence-electron chi connectivity index (χ0n) is 9.90. The van der Waals surface area contributed by atoms with Gasteiger partial charge in [-0.25, -0.2) is 4.79 Å². The molecule has 0 unspecified atom stereocenters. The highest BCUT2D eigenvalue weighted by Crippen LogP contribution is 1.92. The van der Waals surface area contributed by atoms with Gasteiger partial charge in [0, 0.05) is 13.0 Å². The second kappa shape index (κ2) is 6.93. The van der Waals surface area contributed by atoms with Gasteiger partial charge in [0.15, 0.2) is 5.82 Å². The van der Waals surface area contributed by atoms with Crippen LogP contribution in [0.25, 0.3) is 0 Å². The first kappa shape index (κ1) is 14.4. The fraction of sp³-hybridized carbons (Fsp3) is 0.444. The van der Waals surface area contributed by atoms with Crippen LogP contribution in [0.5, 0.6) is 0 Å². The van der Waals surface area contributed by atoms with E-state index >= 15 is 0 Å². The lowest BCUT2D eigenvalue weighted by Crippen LogP contribution is -2.47. The van der Waals surface area contributed by atoms with E-state index in [-0.39, 0.29) is 6.54 Å². The lowest BCUT2D eigenvalue weighted by molar-refractivity contribution is -0.137. The Balaban J connectivity index is 2.42. The first-order chi connectivity index (χ1) is 8.99. The van der Waals surface area contributed by atoms with E-state index in [1.807, 2.05) is 0 Å². The lowest BCUT2D eigenvalue weighted by Gasteiger charge is -2.19. The fourth-order valence-electron chi connectivity index (χ4n) is 1.25. The van der Waals surface area contributed by atoms with Gasteiger partial charge in [-0.15, -0.1) is 0 Å². The van der Waals surface area contributed by atoms with E-state index in [4.69, 9.17) is 10.8 Å². The molecule has 19 heavy (non-hydrogen) atoms. The van der Waals surface area contributed by atoms with Gasteiger partial charge in [0.05, 0.1) is 0 Å². The Hall–Kier alpha value is -2.65. The minimum Gasteiger partial charge on any atom is -0.480 e. The lowest BCUT2D eigenvalue weighted by atomic mass is 10.4. The molecule has 10 heteroatoms. The van der Waals surface area contributed by atoms with Crippen LogP contribution in [-0.2, 0) is 16.0 Å². The summed E-state index contributed by atoms with van der Waals surface area (Å²) in [5, 5.41) is 14.6. The Bertz CT molecular complexity index is 430. The maximum absolute atomic E-state index is 11.6. The number of nitrogens with zero attached hydrogens (tertiary/aromatic N) is 3. The molecule has 0 aromatic carbocycles. The number of hydrogen-bond acceptors (Lipinski definition) is 6. The van der Waals surface area contributed by atoms with Crippen LogP contribution >= 0.6 is 0 Å². The summed E-state index contributed by atoms with van der Waals surface area (Å²) in [5.41, 5.74) is 4.93. The number of urea groups is 1. The molecule has 4 N–H and O–H groups in total. The summed E-state index contributed by atoms with van der Waals surface area (Å²) in [6, 6.07) is -0.704. The molecule has 0 saturated heterocycles. The van der Waals surface area contributed by atoms with Crippen molar-refractivity contribution >= 4 is 17.9 Å². The highest BCUT2D eigenvalue weighted by Gasteiger charge is 2.18. The van der Waals surface area contributed by atoms with Crippen LogP contribution in [0.2, 0.25) is 0 Å². The van der Waals surface area contributed by atoms with Crippen LogP contribution in [0.1, 0.15) is 5.82 Å². The Morgan fingerprint density at radius 2 is 2.16 bits per heavy atom. The van der Waals surface area contributed by atoms with Crippen molar-refractivity contribution in [1.82, 2.24) is 20.4 Å². The molecule has 0 aliphatic carbocycles. The molecule has 0 radical (unpaired) electrons. The summed E-state index contributed by atoms with van der Waals surface area (Å²) >= 11 is 0. The molecule has 3 amide bonds. The number of carbonyl (C=O) groups is 3. The van der Waals surface area contributed by atoms with Gasteiger partial charge in [-0.2, -0.15) is 4.98 Å². The SMILES string of the molecule is NC(=O)CN(CC(=O)O)C(=O)NCCc1ncon1. The van der Waals surface area contributed by atoms with Gasteiger partial charge in [-0.3, -0.25) is 9.59 Å². The number of aliphatic carboxylic acids is 1. The molecule has 0 bridgehead atoms. The van der Waals surface area contributed by atoms with Crippen LogP contribution in [0.15, 0.2) is 10.9 Å². The highest BCUT2D eigenvalue weighted by atomic mass is 16.5. The number of primary amides is 1. The fourth-order valence-corrected chi connectivity index (χ4v) is 1.25. The zero-order chi connectivity index (χ0) is 14.3.